The topological polar surface area (TPSA) is 24.5 Å². The molecular formula is C13H19FN2O. The lowest BCUT2D eigenvalue weighted by Crippen LogP contribution is -2.43. The summed E-state index contributed by atoms with van der Waals surface area (Å²) in [6.07, 6.45) is 0.132. The highest BCUT2D eigenvalue weighted by molar-refractivity contribution is 5.51. The summed E-state index contributed by atoms with van der Waals surface area (Å²) in [4.78, 5) is 2.23. The van der Waals surface area contributed by atoms with Crippen LogP contribution in [0.5, 0.6) is 0 Å². The molecule has 0 bridgehead atoms. The predicted molar refractivity (Wildman–Crippen MR) is 66.9 cm³/mol. The maximum absolute atomic E-state index is 13.6. The van der Waals surface area contributed by atoms with Gasteiger partial charge in [-0.05, 0) is 25.6 Å². The summed E-state index contributed by atoms with van der Waals surface area (Å²) in [5.74, 6) is -0.200. The third-order valence-corrected chi connectivity index (χ3v) is 3.07. The molecule has 1 atom stereocenters. The fourth-order valence-corrected chi connectivity index (χ4v) is 2.06. The van der Waals surface area contributed by atoms with E-state index in [1.165, 1.54) is 6.07 Å². The standard InChI is InChI=1S/C13H19FN2O/c1-10-4-3-5-12(14)13(10)15-8-11-9-16(2)6-7-17-11/h3-5,11,15H,6-9H2,1-2H3. The SMILES string of the molecule is Cc1cccc(F)c1NCC1CN(C)CCO1. The summed E-state index contributed by atoms with van der Waals surface area (Å²) in [5.41, 5.74) is 1.51. The van der Waals surface area contributed by atoms with Crippen molar-refractivity contribution in [2.24, 2.45) is 0 Å². The molecule has 1 aromatic rings. The van der Waals surface area contributed by atoms with Crippen LogP contribution in [-0.4, -0.2) is 44.3 Å². The second-order valence-electron chi connectivity index (χ2n) is 4.57. The molecule has 17 heavy (non-hydrogen) atoms. The van der Waals surface area contributed by atoms with Crippen LogP contribution in [0.3, 0.4) is 0 Å². The fraction of sp³-hybridized carbons (Fsp3) is 0.538. The zero-order chi connectivity index (χ0) is 12.3. The highest BCUT2D eigenvalue weighted by Crippen LogP contribution is 2.19. The summed E-state index contributed by atoms with van der Waals surface area (Å²) < 4.78 is 19.2. The molecule has 0 spiro atoms. The molecule has 0 aromatic heterocycles. The van der Waals surface area contributed by atoms with Crippen LogP contribution in [0.25, 0.3) is 0 Å². The molecule has 4 heteroatoms. The van der Waals surface area contributed by atoms with Crippen molar-refractivity contribution in [3.8, 4) is 0 Å². The molecule has 0 amide bonds. The first-order valence-electron chi connectivity index (χ1n) is 5.96. The molecule has 3 nitrogen and oxygen atoms in total. The van der Waals surface area contributed by atoms with Gasteiger partial charge in [0, 0.05) is 19.6 Å². The van der Waals surface area contributed by atoms with E-state index in [2.05, 4.69) is 17.3 Å². The summed E-state index contributed by atoms with van der Waals surface area (Å²) in [6.45, 7) is 5.15. The first kappa shape index (κ1) is 12.3. The van der Waals surface area contributed by atoms with Gasteiger partial charge in [-0.1, -0.05) is 12.1 Å². The first-order chi connectivity index (χ1) is 8.16. The average Bonchev–Trinajstić information content (AvgIpc) is 2.28. The van der Waals surface area contributed by atoms with Gasteiger partial charge in [0.25, 0.3) is 0 Å². The van der Waals surface area contributed by atoms with Crippen molar-refractivity contribution in [3.63, 3.8) is 0 Å². The van der Waals surface area contributed by atoms with Gasteiger partial charge in [-0.25, -0.2) is 4.39 Å². The van der Waals surface area contributed by atoms with Crippen molar-refractivity contribution in [2.75, 3.05) is 38.6 Å². The number of benzene rings is 1. The van der Waals surface area contributed by atoms with E-state index in [9.17, 15) is 4.39 Å². The Kier molecular flexibility index (Phi) is 3.97. The molecule has 1 heterocycles. The second kappa shape index (κ2) is 5.47. The number of nitrogens with zero attached hydrogens (tertiary/aromatic N) is 1. The number of halogens is 1. The molecular weight excluding hydrogens is 219 g/mol. The normalized spacial score (nSPS) is 21.5. The molecule has 1 aliphatic heterocycles. The number of hydrogen-bond acceptors (Lipinski definition) is 3. The number of hydrogen-bond donors (Lipinski definition) is 1. The number of aryl methyl sites for hydroxylation is 1. The van der Waals surface area contributed by atoms with Gasteiger partial charge in [0.1, 0.15) is 5.82 Å². The highest BCUT2D eigenvalue weighted by atomic mass is 19.1. The maximum atomic E-state index is 13.6. The van der Waals surface area contributed by atoms with E-state index in [0.717, 1.165) is 25.3 Å². The minimum absolute atomic E-state index is 0.132. The number of morpholine rings is 1. The van der Waals surface area contributed by atoms with E-state index in [1.807, 2.05) is 13.0 Å². The quantitative estimate of drug-likeness (QED) is 0.870. The summed E-state index contributed by atoms with van der Waals surface area (Å²) in [7, 11) is 2.07. The Morgan fingerprint density at radius 3 is 3.06 bits per heavy atom. The number of nitrogens with one attached hydrogen (secondary N) is 1. The van der Waals surface area contributed by atoms with Crippen molar-refractivity contribution >= 4 is 5.69 Å². The fourth-order valence-electron chi connectivity index (χ4n) is 2.06. The predicted octanol–water partition coefficient (Wildman–Crippen LogP) is 1.88. The molecule has 1 aliphatic rings. The van der Waals surface area contributed by atoms with Gasteiger partial charge < -0.3 is 15.0 Å². The van der Waals surface area contributed by atoms with Crippen LogP contribution in [0, 0.1) is 12.7 Å². The van der Waals surface area contributed by atoms with Crippen LogP contribution in [0.4, 0.5) is 10.1 Å². The van der Waals surface area contributed by atoms with Gasteiger partial charge in [-0.15, -0.1) is 0 Å². The van der Waals surface area contributed by atoms with Crippen LogP contribution >= 0.6 is 0 Å². The molecule has 0 aliphatic carbocycles. The summed E-state index contributed by atoms with van der Waals surface area (Å²) in [6, 6.07) is 5.10. The minimum atomic E-state index is -0.200. The zero-order valence-electron chi connectivity index (χ0n) is 10.4. The van der Waals surface area contributed by atoms with E-state index in [-0.39, 0.29) is 11.9 Å². The largest absolute Gasteiger partial charge is 0.380 e. The Morgan fingerprint density at radius 2 is 2.35 bits per heavy atom. The van der Waals surface area contributed by atoms with Crippen molar-refractivity contribution in [1.82, 2.24) is 4.90 Å². The van der Waals surface area contributed by atoms with Crippen molar-refractivity contribution in [2.45, 2.75) is 13.0 Å². The number of anilines is 1. The van der Waals surface area contributed by atoms with Gasteiger partial charge in [0.2, 0.25) is 0 Å². The summed E-state index contributed by atoms with van der Waals surface area (Å²) >= 11 is 0. The van der Waals surface area contributed by atoms with Crippen molar-refractivity contribution in [1.29, 1.82) is 0 Å². The molecule has 0 saturated carbocycles. The number of para-hydroxylation sites is 1. The van der Waals surface area contributed by atoms with Crippen LogP contribution in [0.15, 0.2) is 18.2 Å². The monoisotopic (exact) mass is 238 g/mol. The smallest absolute Gasteiger partial charge is 0.146 e. The van der Waals surface area contributed by atoms with Crippen LogP contribution in [0.2, 0.25) is 0 Å². The molecule has 94 valence electrons. The third kappa shape index (κ3) is 3.17. The van der Waals surface area contributed by atoms with Gasteiger partial charge in [0.15, 0.2) is 0 Å². The van der Waals surface area contributed by atoms with E-state index >= 15 is 0 Å². The summed E-state index contributed by atoms with van der Waals surface area (Å²) in [5, 5.41) is 3.14. The Balaban J connectivity index is 1.93. The molecule has 1 aromatic carbocycles. The van der Waals surface area contributed by atoms with E-state index in [4.69, 9.17) is 4.74 Å². The Labute approximate surface area is 102 Å². The molecule has 2 rings (SSSR count). The molecule has 0 radical (unpaired) electrons. The van der Waals surface area contributed by atoms with Crippen LogP contribution in [0.1, 0.15) is 5.56 Å². The lowest BCUT2D eigenvalue weighted by Gasteiger charge is -2.30. The van der Waals surface area contributed by atoms with Crippen molar-refractivity contribution in [3.05, 3.63) is 29.6 Å². The van der Waals surface area contributed by atoms with Crippen molar-refractivity contribution < 1.29 is 9.13 Å². The number of likely N-dealkylation sites (N-methyl/N-ethyl adjacent to an activating group) is 1. The zero-order valence-corrected chi connectivity index (χ0v) is 10.4. The number of ether oxygens (including phenoxy) is 1. The lowest BCUT2D eigenvalue weighted by molar-refractivity contribution is -0.0117. The molecule has 1 saturated heterocycles. The Bertz CT molecular complexity index is 363. The first-order valence-corrected chi connectivity index (χ1v) is 5.96. The highest BCUT2D eigenvalue weighted by Gasteiger charge is 2.17. The lowest BCUT2D eigenvalue weighted by atomic mass is 10.2. The minimum Gasteiger partial charge on any atom is -0.380 e. The second-order valence-corrected chi connectivity index (χ2v) is 4.57. The van der Waals surface area contributed by atoms with Gasteiger partial charge in [-0.2, -0.15) is 0 Å². The molecule has 1 fully saturated rings. The Morgan fingerprint density at radius 1 is 1.53 bits per heavy atom. The Hall–Kier alpha value is -1.13. The number of rotatable bonds is 3. The van der Waals surface area contributed by atoms with E-state index < -0.39 is 0 Å². The molecule has 1 unspecified atom stereocenters. The van der Waals surface area contributed by atoms with E-state index in [1.54, 1.807) is 6.07 Å². The van der Waals surface area contributed by atoms with Gasteiger partial charge in [-0.3, -0.25) is 0 Å². The maximum Gasteiger partial charge on any atom is 0.146 e. The van der Waals surface area contributed by atoms with Crippen LogP contribution < -0.4 is 5.32 Å². The molecule has 1 N–H and O–H groups in total. The van der Waals surface area contributed by atoms with Crippen LogP contribution in [-0.2, 0) is 4.74 Å². The average molecular weight is 238 g/mol. The van der Waals surface area contributed by atoms with E-state index in [0.29, 0.717) is 12.2 Å². The van der Waals surface area contributed by atoms with Gasteiger partial charge in [0.05, 0.1) is 18.4 Å². The van der Waals surface area contributed by atoms with Gasteiger partial charge >= 0.3 is 0 Å². The third-order valence-electron chi connectivity index (χ3n) is 3.07.